The standard InChI is InChI=1S/C23H26O6/c1-5-27-23-20(26-4)12-10-18(22(23)28-13-21(25)29-14(2)3)15-7-6-8-17-16(15)9-11-19(17)24/h6-8,10,12,14H,5,9,11,13H2,1-4H3. The molecule has 1 aliphatic carbocycles. The molecule has 0 N–H and O–H groups in total. The van der Waals surface area contributed by atoms with E-state index in [1.165, 1.54) is 0 Å². The van der Waals surface area contributed by atoms with Gasteiger partial charge in [-0.3, -0.25) is 4.79 Å². The lowest BCUT2D eigenvalue weighted by molar-refractivity contribution is -0.149. The molecule has 0 fully saturated rings. The highest BCUT2D eigenvalue weighted by Crippen LogP contribution is 2.46. The third-order valence-electron chi connectivity index (χ3n) is 4.65. The molecule has 1 aliphatic rings. The molecule has 0 spiro atoms. The predicted octanol–water partition coefficient (Wildman–Crippen LogP) is 4.22. The molecule has 0 amide bonds. The highest BCUT2D eigenvalue weighted by molar-refractivity contribution is 6.02. The molecule has 6 heteroatoms. The van der Waals surface area contributed by atoms with Crippen LogP contribution in [0.4, 0.5) is 0 Å². The quantitative estimate of drug-likeness (QED) is 0.620. The second-order valence-corrected chi connectivity index (χ2v) is 6.99. The van der Waals surface area contributed by atoms with E-state index >= 15 is 0 Å². The number of fused-ring (bicyclic) bond motifs is 1. The van der Waals surface area contributed by atoms with Gasteiger partial charge in [0.05, 0.1) is 19.8 Å². The number of ketones is 1. The van der Waals surface area contributed by atoms with Gasteiger partial charge in [-0.1, -0.05) is 18.2 Å². The highest BCUT2D eigenvalue weighted by Gasteiger charge is 2.26. The van der Waals surface area contributed by atoms with E-state index < -0.39 is 5.97 Å². The van der Waals surface area contributed by atoms with Crippen LogP contribution in [0.1, 0.15) is 43.1 Å². The zero-order chi connectivity index (χ0) is 21.0. The molecular weight excluding hydrogens is 372 g/mol. The normalized spacial score (nSPS) is 12.7. The number of rotatable bonds is 8. The van der Waals surface area contributed by atoms with Gasteiger partial charge in [-0.25, -0.2) is 4.79 Å². The van der Waals surface area contributed by atoms with Gasteiger partial charge in [-0.2, -0.15) is 0 Å². The van der Waals surface area contributed by atoms with Crippen molar-refractivity contribution in [1.29, 1.82) is 0 Å². The van der Waals surface area contributed by atoms with Crippen LogP contribution in [0.15, 0.2) is 30.3 Å². The molecule has 29 heavy (non-hydrogen) atoms. The summed E-state index contributed by atoms with van der Waals surface area (Å²) in [5, 5.41) is 0. The van der Waals surface area contributed by atoms with Crippen molar-refractivity contribution in [2.24, 2.45) is 0 Å². The van der Waals surface area contributed by atoms with Crippen molar-refractivity contribution >= 4 is 11.8 Å². The average molecular weight is 398 g/mol. The molecule has 0 radical (unpaired) electrons. The summed E-state index contributed by atoms with van der Waals surface area (Å²) < 4.78 is 22.3. The fraction of sp³-hybridized carbons (Fsp3) is 0.391. The lowest BCUT2D eigenvalue weighted by atomic mass is 9.95. The van der Waals surface area contributed by atoms with E-state index in [0.29, 0.717) is 36.7 Å². The minimum absolute atomic E-state index is 0.142. The minimum atomic E-state index is -0.468. The maximum absolute atomic E-state index is 12.2. The molecular formula is C23H26O6. The largest absolute Gasteiger partial charge is 0.493 e. The van der Waals surface area contributed by atoms with Gasteiger partial charge in [0.2, 0.25) is 5.75 Å². The van der Waals surface area contributed by atoms with E-state index in [-0.39, 0.29) is 18.5 Å². The summed E-state index contributed by atoms with van der Waals surface area (Å²) in [5.74, 6) is 1.01. The molecule has 0 unspecified atom stereocenters. The van der Waals surface area contributed by atoms with Crippen LogP contribution in [0.5, 0.6) is 17.2 Å². The topological polar surface area (TPSA) is 71.1 Å². The van der Waals surface area contributed by atoms with Gasteiger partial charge in [0.15, 0.2) is 23.9 Å². The van der Waals surface area contributed by atoms with Crippen LogP contribution >= 0.6 is 0 Å². The Kier molecular flexibility index (Phi) is 6.42. The molecule has 154 valence electrons. The number of hydrogen-bond donors (Lipinski definition) is 0. The van der Waals surface area contributed by atoms with Crippen molar-refractivity contribution < 1.29 is 28.5 Å². The van der Waals surface area contributed by atoms with E-state index in [1.54, 1.807) is 27.0 Å². The second-order valence-electron chi connectivity index (χ2n) is 6.99. The summed E-state index contributed by atoms with van der Waals surface area (Å²) in [5.41, 5.74) is 3.36. The second kappa shape index (κ2) is 8.99. The Morgan fingerprint density at radius 1 is 1.00 bits per heavy atom. The van der Waals surface area contributed by atoms with Gasteiger partial charge < -0.3 is 18.9 Å². The van der Waals surface area contributed by atoms with Gasteiger partial charge in [-0.15, -0.1) is 0 Å². The Hall–Kier alpha value is -3.02. The third-order valence-corrected chi connectivity index (χ3v) is 4.65. The fourth-order valence-electron chi connectivity index (χ4n) is 3.51. The Labute approximate surface area is 170 Å². The van der Waals surface area contributed by atoms with E-state index in [0.717, 1.165) is 22.3 Å². The van der Waals surface area contributed by atoms with Crippen molar-refractivity contribution in [2.45, 2.75) is 39.7 Å². The molecule has 0 aromatic heterocycles. The summed E-state index contributed by atoms with van der Waals surface area (Å²) in [6.07, 6.45) is 0.943. The maximum Gasteiger partial charge on any atom is 0.344 e. The SMILES string of the molecule is CCOc1c(OC)ccc(-c2cccc3c2CCC3=O)c1OCC(=O)OC(C)C. The number of benzene rings is 2. The smallest absolute Gasteiger partial charge is 0.344 e. The van der Waals surface area contributed by atoms with E-state index in [2.05, 4.69) is 0 Å². The number of ether oxygens (including phenoxy) is 4. The van der Waals surface area contributed by atoms with Crippen molar-refractivity contribution in [3.05, 3.63) is 41.5 Å². The first kappa shape index (κ1) is 20.7. The molecule has 6 nitrogen and oxygen atoms in total. The Balaban J connectivity index is 2.08. The summed E-state index contributed by atoms with van der Waals surface area (Å²) >= 11 is 0. The number of methoxy groups -OCH3 is 1. The number of carbonyl (C=O) groups is 2. The average Bonchev–Trinajstić information content (AvgIpc) is 3.07. The molecule has 2 aromatic carbocycles. The lowest BCUT2D eigenvalue weighted by Crippen LogP contribution is -2.19. The minimum Gasteiger partial charge on any atom is -0.493 e. The first-order valence-electron chi connectivity index (χ1n) is 9.77. The van der Waals surface area contributed by atoms with E-state index in [9.17, 15) is 9.59 Å². The van der Waals surface area contributed by atoms with Crippen molar-refractivity contribution in [3.63, 3.8) is 0 Å². The zero-order valence-corrected chi connectivity index (χ0v) is 17.2. The Morgan fingerprint density at radius 3 is 2.45 bits per heavy atom. The zero-order valence-electron chi connectivity index (χ0n) is 17.2. The summed E-state index contributed by atoms with van der Waals surface area (Å²) in [7, 11) is 1.55. The third kappa shape index (κ3) is 4.36. The maximum atomic E-state index is 12.2. The summed E-state index contributed by atoms with van der Waals surface area (Å²) in [6, 6.07) is 9.33. The van der Waals surface area contributed by atoms with Crippen molar-refractivity contribution in [3.8, 4) is 28.4 Å². The molecule has 0 bridgehead atoms. The van der Waals surface area contributed by atoms with Crippen LogP contribution < -0.4 is 14.2 Å². The number of Topliss-reactive ketones (excluding diaryl/α,β-unsaturated/α-hetero) is 1. The molecule has 0 aliphatic heterocycles. The molecule has 0 saturated carbocycles. The highest BCUT2D eigenvalue weighted by atomic mass is 16.6. The van der Waals surface area contributed by atoms with E-state index in [1.807, 2.05) is 31.2 Å². The Bertz CT molecular complexity index is 916. The predicted molar refractivity (Wildman–Crippen MR) is 109 cm³/mol. The van der Waals surface area contributed by atoms with Gasteiger partial charge >= 0.3 is 5.97 Å². The van der Waals surface area contributed by atoms with Crippen LogP contribution in [0.3, 0.4) is 0 Å². The van der Waals surface area contributed by atoms with Gasteiger partial charge in [0.1, 0.15) is 0 Å². The van der Waals surface area contributed by atoms with Gasteiger partial charge in [-0.05, 0) is 50.5 Å². The van der Waals surface area contributed by atoms with Crippen LogP contribution in [-0.2, 0) is 16.0 Å². The number of esters is 1. The van der Waals surface area contributed by atoms with Crippen LogP contribution in [0.2, 0.25) is 0 Å². The summed E-state index contributed by atoms with van der Waals surface area (Å²) in [4.78, 5) is 24.2. The molecule has 3 rings (SSSR count). The lowest BCUT2D eigenvalue weighted by Gasteiger charge is -2.20. The Morgan fingerprint density at radius 2 is 1.76 bits per heavy atom. The van der Waals surface area contributed by atoms with Gasteiger partial charge in [0.25, 0.3) is 0 Å². The van der Waals surface area contributed by atoms with Crippen LogP contribution in [-0.4, -0.2) is 38.2 Å². The summed E-state index contributed by atoms with van der Waals surface area (Å²) in [6.45, 7) is 5.57. The molecule has 0 heterocycles. The number of hydrogen-bond acceptors (Lipinski definition) is 6. The molecule has 2 aromatic rings. The molecule has 0 saturated heterocycles. The first-order valence-corrected chi connectivity index (χ1v) is 9.77. The molecule has 0 atom stereocenters. The monoisotopic (exact) mass is 398 g/mol. The van der Waals surface area contributed by atoms with Gasteiger partial charge in [0, 0.05) is 17.5 Å². The van der Waals surface area contributed by atoms with Crippen LogP contribution in [0.25, 0.3) is 11.1 Å². The number of carbonyl (C=O) groups excluding carboxylic acids is 2. The van der Waals surface area contributed by atoms with Crippen molar-refractivity contribution in [2.75, 3.05) is 20.3 Å². The van der Waals surface area contributed by atoms with E-state index in [4.69, 9.17) is 18.9 Å². The fourth-order valence-corrected chi connectivity index (χ4v) is 3.51. The van der Waals surface area contributed by atoms with Crippen molar-refractivity contribution in [1.82, 2.24) is 0 Å². The first-order chi connectivity index (χ1) is 14.0. The van der Waals surface area contributed by atoms with Crippen LogP contribution in [0, 0.1) is 0 Å².